The third-order valence-corrected chi connectivity index (χ3v) is 4.28. The van der Waals surface area contributed by atoms with Gasteiger partial charge in [0.05, 0.1) is 5.69 Å². The van der Waals surface area contributed by atoms with Gasteiger partial charge in [-0.3, -0.25) is 9.58 Å². The highest BCUT2D eigenvalue weighted by atomic mass is 15.3. The Hall–Kier alpha value is -0.870. The summed E-state index contributed by atoms with van der Waals surface area (Å²) >= 11 is 0. The number of likely N-dealkylation sites (tertiary alicyclic amines) is 1. The number of aromatic nitrogens is 2. The van der Waals surface area contributed by atoms with Gasteiger partial charge >= 0.3 is 0 Å². The van der Waals surface area contributed by atoms with Crippen molar-refractivity contribution in [2.45, 2.75) is 45.2 Å². The number of hydrogen-bond donors (Lipinski definition) is 1. The maximum absolute atomic E-state index is 4.52. The van der Waals surface area contributed by atoms with E-state index in [0.29, 0.717) is 5.54 Å². The zero-order chi connectivity index (χ0) is 13.2. The molecule has 1 N–H and O–H groups in total. The summed E-state index contributed by atoms with van der Waals surface area (Å²) < 4.78 is 1.94. The van der Waals surface area contributed by atoms with Crippen molar-refractivity contribution in [3.05, 3.63) is 17.5 Å². The minimum atomic E-state index is 0.332. The van der Waals surface area contributed by atoms with Gasteiger partial charge in [-0.25, -0.2) is 0 Å². The highest BCUT2D eigenvalue weighted by Crippen LogP contribution is 2.23. The van der Waals surface area contributed by atoms with Crippen LogP contribution < -0.4 is 5.32 Å². The summed E-state index contributed by atoms with van der Waals surface area (Å²) in [6.45, 7) is 7.91. The molecule has 1 aliphatic rings. The van der Waals surface area contributed by atoms with E-state index in [1.165, 1.54) is 37.2 Å². The number of aryl methyl sites for hydroxylation is 2. The first-order chi connectivity index (χ1) is 8.56. The third kappa shape index (κ3) is 2.93. The van der Waals surface area contributed by atoms with Crippen LogP contribution in [0.15, 0.2) is 6.20 Å². The first kappa shape index (κ1) is 13.6. The SMILES string of the molecule is CCc1nn(C)cc1CN1CCC(C)(NC)CC1. The molecule has 0 radical (unpaired) electrons. The normalized spacial score (nSPS) is 20.2. The smallest absolute Gasteiger partial charge is 0.0666 e. The van der Waals surface area contributed by atoms with E-state index in [2.05, 4.69) is 42.4 Å². The number of rotatable bonds is 4. The lowest BCUT2D eigenvalue weighted by Crippen LogP contribution is -2.49. The van der Waals surface area contributed by atoms with Crippen molar-refractivity contribution >= 4 is 0 Å². The molecule has 0 unspecified atom stereocenters. The zero-order valence-corrected chi connectivity index (χ0v) is 12.2. The second-order valence-corrected chi connectivity index (χ2v) is 5.72. The molecule has 2 heterocycles. The van der Waals surface area contributed by atoms with E-state index in [-0.39, 0.29) is 0 Å². The lowest BCUT2D eigenvalue weighted by Gasteiger charge is -2.39. The molecule has 1 aromatic heterocycles. The summed E-state index contributed by atoms with van der Waals surface area (Å²) in [4.78, 5) is 2.55. The van der Waals surface area contributed by atoms with Crippen LogP contribution in [0.4, 0.5) is 0 Å². The summed E-state index contributed by atoms with van der Waals surface area (Å²) in [6, 6.07) is 0. The first-order valence-corrected chi connectivity index (χ1v) is 6.99. The Kier molecular flexibility index (Phi) is 4.07. The number of nitrogens with one attached hydrogen (secondary N) is 1. The Labute approximate surface area is 110 Å². The van der Waals surface area contributed by atoms with Crippen LogP contribution in [0, 0.1) is 0 Å². The van der Waals surface area contributed by atoms with E-state index in [1.807, 2.05) is 11.7 Å². The molecule has 4 heteroatoms. The van der Waals surface area contributed by atoms with Crippen LogP contribution in [0.25, 0.3) is 0 Å². The molecule has 4 nitrogen and oxygen atoms in total. The molecule has 0 bridgehead atoms. The first-order valence-electron chi connectivity index (χ1n) is 6.99. The molecule has 1 aliphatic heterocycles. The molecule has 0 aliphatic carbocycles. The van der Waals surface area contributed by atoms with Crippen LogP contribution in [-0.2, 0) is 20.0 Å². The Morgan fingerprint density at radius 2 is 2.06 bits per heavy atom. The van der Waals surface area contributed by atoms with Gasteiger partial charge in [0, 0.05) is 44.0 Å². The second kappa shape index (κ2) is 5.41. The predicted octanol–water partition coefficient (Wildman–Crippen LogP) is 1.56. The molecule has 0 spiro atoms. The maximum atomic E-state index is 4.52. The van der Waals surface area contributed by atoms with Crippen LogP contribution in [0.5, 0.6) is 0 Å². The van der Waals surface area contributed by atoms with Gasteiger partial charge < -0.3 is 5.32 Å². The Balaban J connectivity index is 1.95. The molecule has 1 aromatic rings. The van der Waals surface area contributed by atoms with Gasteiger partial charge in [-0.15, -0.1) is 0 Å². The van der Waals surface area contributed by atoms with Crippen molar-refractivity contribution in [1.82, 2.24) is 20.0 Å². The van der Waals surface area contributed by atoms with E-state index in [0.717, 1.165) is 13.0 Å². The van der Waals surface area contributed by atoms with Gasteiger partial charge in [0.1, 0.15) is 0 Å². The summed E-state index contributed by atoms with van der Waals surface area (Å²) in [5, 5.41) is 7.97. The van der Waals surface area contributed by atoms with Crippen molar-refractivity contribution in [3.8, 4) is 0 Å². The summed E-state index contributed by atoms with van der Waals surface area (Å²) in [5.74, 6) is 0. The van der Waals surface area contributed by atoms with Crippen LogP contribution in [-0.4, -0.2) is 40.4 Å². The molecule has 1 saturated heterocycles. The van der Waals surface area contributed by atoms with Gasteiger partial charge in [-0.2, -0.15) is 5.10 Å². The lowest BCUT2D eigenvalue weighted by atomic mass is 9.90. The highest BCUT2D eigenvalue weighted by Gasteiger charge is 2.28. The summed E-state index contributed by atoms with van der Waals surface area (Å²) in [6.07, 6.45) is 5.65. The van der Waals surface area contributed by atoms with Crippen molar-refractivity contribution in [1.29, 1.82) is 0 Å². The average Bonchev–Trinajstić information content (AvgIpc) is 2.73. The van der Waals surface area contributed by atoms with Crippen molar-refractivity contribution in [2.24, 2.45) is 7.05 Å². The fourth-order valence-electron chi connectivity index (χ4n) is 2.71. The molecule has 102 valence electrons. The second-order valence-electron chi connectivity index (χ2n) is 5.72. The molecule has 2 rings (SSSR count). The van der Waals surface area contributed by atoms with E-state index >= 15 is 0 Å². The molecule has 0 aromatic carbocycles. The van der Waals surface area contributed by atoms with Crippen LogP contribution >= 0.6 is 0 Å². The van der Waals surface area contributed by atoms with Gasteiger partial charge in [0.2, 0.25) is 0 Å². The number of piperidine rings is 1. The van der Waals surface area contributed by atoms with Gasteiger partial charge in [-0.1, -0.05) is 6.92 Å². The van der Waals surface area contributed by atoms with Crippen molar-refractivity contribution in [3.63, 3.8) is 0 Å². The van der Waals surface area contributed by atoms with E-state index in [9.17, 15) is 0 Å². The predicted molar refractivity (Wildman–Crippen MR) is 74.6 cm³/mol. The lowest BCUT2D eigenvalue weighted by molar-refractivity contribution is 0.146. The quantitative estimate of drug-likeness (QED) is 0.880. The van der Waals surface area contributed by atoms with E-state index in [1.54, 1.807) is 0 Å². The van der Waals surface area contributed by atoms with Crippen molar-refractivity contribution < 1.29 is 0 Å². The van der Waals surface area contributed by atoms with Gasteiger partial charge in [0.25, 0.3) is 0 Å². The summed E-state index contributed by atoms with van der Waals surface area (Å²) in [7, 11) is 4.09. The van der Waals surface area contributed by atoms with Crippen LogP contribution in [0.2, 0.25) is 0 Å². The molecular weight excluding hydrogens is 224 g/mol. The van der Waals surface area contributed by atoms with Crippen LogP contribution in [0.1, 0.15) is 37.9 Å². The number of hydrogen-bond acceptors (Lipinski definition) is 3. The minimum Gasteiger partial charge on any atom is -0.314 e. The topological polar surface area (TPSA) is 33.1 Å². The van der Waals surface area contributed by atoms with Crippen molar-refractivity contribution in [2.75, 3.05) is 20.1 Å². The molecule has 0 amide bonds. The molecular formula is C14H26N4. The highest BCUT2D eigenvalue weighted by molar-refractivity contribution is 5.17. The van der Waals surface area contributed by atoms with E-state index in [4.69, 9.17) is 0 Å². The standard InChI is InChI=1S/C14H26N4/c1-5-13-12(10-17(4)16-13)11-18-8-6-14(2,15-3)7-9-18/h10,15H,5-9,11H2,1-4H3. The molecule has 18 heavy (non-hydrogen) atoms. The molecule has 1 fully saturated rings. The Morgan fingerprint density at radius 3 is 2.61 bits per heavy atom. The van der Waals surface area contributed by atoms with Crippen LogP contribution in [0.3, 0.4) is 0 Å². The third-order valence-electron chi connectivity index (χ3n) is 4.28. The Morgan fingerprint density at radius 1 is 1.39 bits per heavy atom. The van der Waals surface area contributed by atoms with E-state index < -0.39 is 0 Å². The monoisotopic (exact) mass is 250 g/mol. The fourth-order valence-corrected chi connectivity index (χ4v) is 2.71. The Bertz CT molecular complexity index is 388. The molecule has 0 saturated carbocycles. The van der Waals surface area contributed by atoms with Gasteiger partial charge in [0.15, 0.2) is 0 Å². The van der Waals surface area contributed by atoms with Gasteiger partial charge in [-0.05, 0) is 33.2 Å². The fraction of sp³-hybridized carbons (Fsp3) is 0.786. The largest absolute Gasteiger partial charge is 0.314 e. The zero-order valence-electron chi connectivity index (χ0n) is 12.2. The molecule has 0 atom stereocenters. The average molecular weight is 250 g/mol. The minimum absolute atomic E-state index is 0.332. The number of nitrogens with zero attached hydrogens (tertiary/aromatic N) is 3. The summed E-state index contributed by atoms with van der Waals surface area (Å²) in [5.41, 5.74) is 2.98. The maximum Gasteiger partial charge on any atom is 0.0666 e.